The van der Waals surface area contributed by atoms with E-state index in [9.17, 15) is 13.2 Å². The van der Waals surface area contributed by atoms with Gasteiger partial charge in [0, 0.05) is 44.1 Å². The van der Waals surface area contributed by atoms with Crippen molar-refractivity contribution in [3.63, 3.8) is 0 Å². The van der Waals surface area contributed by atoms with Crippen molar-refractivity contribution in [2.45, 2.75) is 32.1 Å². The molecular weight excluding hydrogens is 351 g/mol. The molecular formula is C16H22F3N5S. The lowest BCUT2D eigenvalue weighted by Crippen LogP contribution is -2.42. The van der Waals surface area contributed by atoms with Gasteiger partial charge in [-0.15, -0.1) is 11.3 Å². The quantitative estimate of drug-likeness (QED) is 0.501. The highest BCUT2D eigenvalue weighted by atomic mass is 32.1. The summed E-state index contributed by atoms with van der Waals surface area (Å²) >= 11 is 0.999. The molecule has 0 bridgehead atoms. The van der Waals surface area contributed by atoms with Crippen LogP contribution in [-0.2, 0) is 12.7 Å². The summed E-state index contributed by atoms with van der Waals surface area (Å²) in [4.78, 5) is 12.8. The molecule has 3 heterocycles. The van der Waals surface area contributed by atoms with Crippen molar-refractivity contribution in [1.82, 2.24) is 20.1 Å². The van der Waals surface area contributed by atoms with E-state index in [0.29, 0.717) is 11.0 Å². The summed E-state index contributed by atoms with van der Waals surface area (Å²) in [5, 5.41) is 4.66. The van der Waals surface area contributed by atoms with Gasteiger partial charge in [-0.2, -0.15) is 13.2 Å². The Morgan fingerprint density at radius 1 is 1.40 bits per heavy atom. The molecule has 2 aliphatic heterocycles. The number of hydrogen-bond donors (Lipinski definition) is 1. The van der Waals surface area contributed by atoms with Crippen LogP contribution in [0.5, 0.6) is 0 Å². The molecule has 3 rings (SSSR count). The minimum absolute atomic E-state index is 0.162. The number of nitrogens with one attached hydrogen (secondary N) is 1. The minimum Gasteiger partial charge on any atom is -0.357 e. The predicted octanol–water partition coefficient (Wildman–Crippen LogP) is 2.57. The van der Waals surface area contributed by atoms with Gasteiger partial charge in [0.15, 0.2) is 11.7 Å². The maximum absolute atomic E-state index is 12.6. The fraction of sp³-hybridized carbons (Fsp3) is 0.625. The highest BCUT2D eigenvalue weighted by Gasteiger charge is 2.34. The van der Waals surface area contributed by atoms with Gasteiger partial charge in [-0.25, -0.2) is 9.98 Å². The summed E-state index contributed by atoms with van der Waals surface area (Å²) in [7, 11) is 0. The van der Waals surface area contributed by atoms with Gasteiger partial charge in [-0.05, 0) is 13.3 Å². The number of guanidine groups is 1. The maximum Gasteiger partial charge on any atom is 0.434 e. The van der Waals surface area contributed by atoms with Crippen LogP contribution in [0.4, 0.5) is 13.2 Å². The molecule has 138 valence electrons. The fourth-order valence-electron chi connectivity index (χ4n) is 3.11. The monoisotopic (exact) mass is 373 g/mol. The van der Waals surface area contributed by atoms with Gasteiger partial charge in [0.1, 0.15) is 5.01 Å². The molecule has 1 fully saturated rings. The number of aromatic nitrogens is 1. The average molecular weight is 373 g/mol. The van der Waals surface area contributed by atoms with E-state index >= 15 is 0 Å². The Morgan fingerprint density at radius 3 is 2.80 bits per heavy atom. The van der Waals surface area contributed by atoms with Gasteiger partial charge >= 0.3 is 6.18 Å². The molecule has 5 nitrogen and oxygen atoms in total. The molecule has 2 aliphatic rings. The zero-order chi connectivity index (χ0) is 17.9. The molecule has 1 atom stereocenters. The molecule has 0 saturated carbocycles. The van der Waals surface area contributed by atoms with Crippen LogP contribution >= 0.6 is 11.3 Å². The SMILES string of the molecule is CCNC(=NCc1nc(C(F)(F)F)cs1)N1CCC(N2CC=CC2)C1. The maximum atomic E-state index is 12.6. The van der Waals surface area contributed by atoms with Gasteiger partial charge in [0.2, 0.25) is 0 Å². The van der Waals surface area contributed by atoms with Crippen molar-refractivity contribution >= 4 is 17.3 Å². The van der Waals surface area contributed by atoms with Gasteiger partial charge in [-0.3, -0.25) is 4.90 Å². The normalized spacial score (nSPS) is 22.2. The van der Waals surface area contributed by atoms with E-state index in [4.69, 9.17) is 0 Å². The van der Waals surface area contributed by atoms with E-state index in [0.717, 1.165) is 61.8 Å². The van der Waals surface area contributed by atoms with E-state index in [1.165, 1.54) is 0 Å². The molecule has 1 N–H and O–H groups in total. The highest BCUT2D eigenvalue weighted by molar-refractivity contribution is 7.09. The summed E-state index contributed by atoms with van der Waals surface area (Å²) in [5.74, 6) is 0.751. The smallest absolute Gasteiger partial charge is 0.357 e. The van der Waals surface area contributed by atoms with Crippen molar-refractivity contribution in [1.29, 1.82) is 0 Å². The van der Waals surface area contributed by atoms with Crippen molar-refractivity contribution in [2.24, 2.45) is 4.99 Å². The first-order chi connectivity index (χ1) is 12.0. The summed E-state index contributed by atoms with van der Waals surface area (Å²) in [6.45, 7) is 6.64. The van der Waals surface area contributed by atoms with Gasteiger partial charge in [-0.1, -0.05) is 12.2 Å². The molecule has 0 amide bonds. The number of hydrogen-bond acceptors (Lipinski definition) is 4. The Bertz CT molecular complexity index is 632. The summed E-state index contributed by atoms with van der Waals surface area (Å²) in [6, 6.07) is 0.496. The first-order valence-electron chi connectivity index (χ1n) is 8.41. The van der Waals surface area contributed by atoms with E-state index in [1.807, 2.05) is 6.92 Å². The standard InChI is InChI=1S/C16H22F3N5S/c1-2-20-15(21-9-14-22-13(11-25-14)16(17,18)19)24-8-5-12(10-24)23-6-3-4-7-23/h3-4,11-12H,2,5-10H2,1H3,(H,20,21). The number of nitrogens with zero attached hydrogens (tertiary/aromatic N) is 4. The van der Waals surface area contributed by atoms with Crippen LogP contribution in [0.2, 0.25) is 0 Å². The average Bonchev–Trinajstić information content (AvgIpc) is 3.31. The van der Waals surface area contributed by atoms with Crippen LogP contribution < -0.4 is 5.32 Å². The van der Waals surface area contributed by atoms with Crippen molar-refractivity contribution in [2.75, 3.05) is 32.7 Å². The number of halogens is 3. The molecule has 1 saturated heterocycles. The zero-order valence-electron chi connectivity index (χ0n) is 14.1. The number of thiazole rings is 1. The van der Waals surface area contributed by atoms with Gasteiger partial charge in [0.25, 0.3) is 0 Å². The Hall–Kier alpha value is -1.61. The van der Waals surface area contributed by atoms with Crippen molar-refractivity contribution in [3.05, 3.63) is 28.2 Å². The third kappa shape index (κ3) is 4.52. The van der Waals surface area contributed by atoms with Crippen molar-refractivity contribution in [3.8, 4) is 0 Å². The molecule has 1 aromatic heterocycles. The number of aliphatic imine (C=N–C) groups is 1. The largest absolute Gasteiger partial charge is 0.434 e. The Morgan fingerprint density at radius 2 is 2.16 bits per heavy atom. The van der Waals surface area contributed by atoms with Crippen LogP contribution in [0.15, 0.2) is 22.5 Å². The molecule has 1 aromatic rings. The van der Waals surface area contributed by atoms with E-state index in [1.54, 1.807) is 0 Å². The number of likely N-dealkylation sites (tertiary alicyclic amines) is 1. The molecule has 0 aliphatic carbocycles. The van der Waals surface area contributed by atoms with Crippen LogP contribution in [0, 0.1) is 0 Å². The first-order valence-corrected chi connectivity index (χ1v) is 9.29. The number of alkyl halides is 3. The topological polar surface area (TPSA) is 43.8 Å². The second kappa shape index (κ2) is 7.74. The van der Waals surface area contributed by atoms with E-state index < -0.39 is 11.9 Å². The van der Waals surface area contributed by atoms with Crippen LogP contribution in [-0.4, -0.2) is 59.5 Å². The van der Waals surface area contributed by atoms with Crippen LogP contribution in [0.3, 0.4) is 0 Å². The lowest BCUT2D eigenvalue weighted by molar-refractivity contribution is -0.140. The Kier molecular flexibility index (Phi) is 5.63. The van der Waals surface area contributed by atoms with E-state index in [-0.39, 0.29) is 6.54 Å². The summed E-state index contributed by atoms with van der Waals surface area (Å²) < 4.78 is 37.9. The fourth-order valence-corrected chi connectivity index (χ4v) is 3.83. The number of rotatable bonds is 4. The molecule has 1 unspecified atom stereocenters. The lowest BCUT2D eigenvalue weighted by atomic mass is 10.2. The second-order valence-electron chi connectivity index (χ2n) is 6.11. The highest BCUT2D eigenvalue weighted by Crippen LogP contribution is 2.30. The Labute approximate surface area is 149 Å². The second-order valence-corrected chi connectivity index (χ2v) is 7.05. The third-order valence-electron chi connectivity index (χ3n) is 4.37. The Balaban J connectivity index is 1.62. The predicted molar refractivity (Wildman–Crippen MR) is 92.6 cm³/mol. The molecule has 0 spiro atoms. The molecule has 9 heteroatoms. The molecule has 0 aromatic carbocycles. The van der Waals surface area contributed by atoms with Gasteiger partial charge < -0.3 is 10.2 Å². The zero-order valence-corrected chi connectivity index (χ0v) is 14.9. The lowest BCUT2D eigenvalue weighted by Gasteiger charge is -2.25. The first kappa shape index (κ1) is 18.2. The summed E-state index contributed by atoms with van der Waals surface area (Å²) in [5.41, 5.74) is -0.838. The third-order valence-corrected chi connectivity index (χ3v) is 5.20. The minimum atomic E-state index is -4.39. The molecule has 25 heavy (non-hydrogen) atoms. The van der Waals surface area contributed by atoms with Gasteiger partial charge in [0.05, 0.1) is 6.54 Å². The van der Waals surface area contributed by atoms with E-state index in [2.05, 4.69) is 37.2 Å². The van der Waals surface area contributed by atoms with Crippen LogP contribution in [0.1, 0.15) is 24.0 Å². The van der Waals surface area contributed by atoms with Crippen molar-refractivity contribution < 1.29 is 13.2 Å². The summed E-state index contributed by atoms with van der Waals surface area (Å²) in [6.07, 6.45) is 1.04. The van der Waals surface area contributed by atoms with Crippen LogP contribution in [0.25, 0.3) is 0 Å². The molecule has 0 radical (unpaired) electrons.